The van der Waals surface area contributed by atoms with E-state index in [9.17, 15) is 29.4 Å². The topological polar surface area (TPSA) is 246 Å². The Morgan fingerprint density at radius 2 is 1.96 bits per heavy atom. The summed E-state index contributed by atoms with van der Waals surface area (Å²) >= 11 is 1.30. The fourth-order valence-corrected chi connectivity index (χ4v) is 10.4. The van der Waals surface area contributed by atoms with Crippen molar-refractivity contribution in [2.24, 2.45) is 10.7 Å². The minimum absolute atomic E-state index is 0.00209. The van der Waals surface area contributed by atoms with Gasteiger partial charge in [0.25, 0.3) is 6.47 Å². The van der Waals surface area contributed by atoms with E-state index in [0.717, 1.165) is 5.56 Å². The molecule has 4 rings (SSSR count). The van der Waals surface area contributed by atoms with Crippen LogP contribution in [0.3, 0.4) is 0 Å². The molecule has 55 heavy (non-hydrogen) atoms. The van der Waals surface area contributed by atoms with Gasteiger partial charge < -0.3 is 29.3 Å². The summed E-state index contributed by atoms with van der Waals surface area (Å²) in [7, 11) is 6.37. The van der Waals surface area contributed by atoms with Crippen molar-refractivity contribution in [1.82, 2.24) is 28.9 Å². The van der Waals surface area contributed by atoms with Crippen LogP contribution >= 0.6 is 17.8 Å². The minimum Gasteiger partial charge on any atom is -0.275 e. The molecule has 18 nitrogen and oxygen atoms in total. The van der Waals surface area contributed by atoms with Crippen molar-refractivity contribution < 1.29 is 48.4 Å². The third kappa shape index (κ3) is 11.3. The second kappa shape index (κ2) is 21.2. The van der Waals surface area contributed by atoms with Crippen LogP contribution in [0.2, 0.25) is 0 Å². The van der Waals surface area contributed by atoms with Crippen LogP contribution in [0.5, 0.6) is 11.5 Å². The number of aliphatic hydroxyl groups is 1. The van der Waals surface area contributed by atoms with E-state index in [4.69, 9.17) is 20.0 Å². The summed E-state index contributed by atoms with van der Waals surface area (Å²) in [5, 5.41) is 31.6. The molecule has 1 aliphatic heterocycles. The van der Waals surface area contributed by atoms with Gasteiger partial charge in [0.1, 0.15) is 5.76 Å². The van der Waals surface area contributed by atoms with Gasteiger partial charge >= 0.3 is 164 Å². The number of guanidine groups is 1. The number of hydrogen-bond donors (Lipinski definition) is 7. The number of carbonyl (C=O) groups is 5. The zero-order chi connectivity index (χ0) is 40.9. The standard InChI is InChI=1S/C33H50N8O8.C2H4O2.HI.Pb/c1-19(17-38-29(45)23(7-6-13-36-30(34)35)39-26(43)18-37-20(2)42)41(4)31(46)49-22-10-11-33(47)25-15-21-8-9-24(48-5)28(44)27(21)32(33,16-22)12-14-40(25)3;1-4-2-3;;/h8-10,19,23,25,47H,6-7,11-18H2,1-5H3,(H8,34,35,36,37,38,39,42,43,44,45);2H,1H3;1H;/q;;;+2/p-2. The van der Waals surface area contributed by atoms with Gasteiger partial charge in [-0.1, -0.05) is 6.07 Å². The summed E-state index contributed by atoms with van der Waals surface area (Å²) in [6, 6.07) is 2.09. The molecule has 20 heteroatoms. The second-order valence-corrected chi connectivity index (χ2v) is 20.2. The van der Waals surface area contributed by atoms with Gasteiger partial charge in [0.15, 0.2) is 11.5 Å². The van der Waals surface area contributed by atoms with Crippen molar-refractivity contribution in [3.8, 4) is 11.5 Å². The number of amides is 4. The van der Waals surface area contributed by atoms with Crippen LogP contribution in [-0.2, 0) is 40.5 Å². The monoisotopic (exact) mass is 1080 g/mol. The second-order valence-electron chi connectivity index (χ2n) is 13.7. The zero-order valence-corrected chi connectivity index (χ0v) is 38.1. The van der Waals surface area contributed by atoms with Gasteiger partial charge in [-0.2, -0.15) is 0 Å². The first kappa shape index (κ1) is 45.9. The number of piperidine rings is 1. The van der Waals surface area contributed by atoms with Crippen LogP contribution in [0.25, 0.3) is 0 Å². The van der Waals surface area contributed by atoms with Gasteiger partial charge in [-0.15, -0.1) is 0 Å². The van der Waals surface area contributed by atoms with Crippen LogP contribution in [-0.4, -0.2) is 155 Å². The van der Waals surface area contributed by atoms with Crippen LogP contribution in [0.4, 0.5) is 4.79 Å². The van der Waals surface area contributed by atoms with Crippen LogP contribution in [0.1, 0.15) is 57.1 Å². The number of nitrogens with zero attached hydrogens (tertiary/aromatic N) is 3. The Morgan fingerprint density at radius 1 is 1.25 bits per heavy atom. The predicted molar refractivity (Wildman–Crippen MR) is 212 cm³/mol. The molecule has 2 radical (unpaired) electrons. The molecule has 2 aliphatic carbocycles. The molecular weight excluding hydrogens is 1030 g/mol. The first-order valence-corrected chi connectivity index (χ1v) is 30.6. The third-order valence-electron chi connectivity index (χ3n) is 10.4. The number of aromatic hydroxyl groups is 1. The molecule has 8 N–H and O–H groups in total. The van der Waals surface area contributed by atoms with Crippen LogP contribution in [0, 0.1) is 0 Å². The fourth-order valence-electron chi connectivity index (χ4n) is 7.33. The zero-order valence-electron chi connectivity index (χ0n) is 32.1. The van der Waals surface area contributed by atoms with E-state index in [0.29, 0.717) is 61.9 Å². The van der Waals surface area contributed by atoms with E-state index in [1.54, 1.807) is 26.1 Å². The number of nitrogens with one attached hydrogen (secondary N) is 4. The van der Waals surface area contributed by atoms with E-state index in [1.807, 2.05) is 13.1 Å². The molecule has 1 heterocycles. The number of halogens is 1. The van der Waals surface area contributed by atoms with Gasteiger partial charge in [-0.3, -0.25) is 9.59 Å². The molecule has 1 aromatic carbocycles. The summed E-state index contributed by atoms with van der Waals surface area (Å²) in [5.74, 6) is -0.250. The molecule has 1 saturated heterocycles. The number of rotatable bonds is 15. The van der Waals surface area contributed by atoms with Gasteiger partial charge in [-0.05, 0) is 44.1 Å². The molecule has 4 amide bonds. The fraction of sp³-hybridized carbons (Fsp3) is 0.600. The van der Waals surface area contributed by atoms with Crippen molar-refractivity contribution in [2.75, 3.05) is 54.5 Å². The molecule has 304 valence electrons. The molecular formula is C35H53IN8O10Pb. The number of likely N-dealkylation sites (N-methyl/N-ethyl adjacent to an activating group) is 2. The molecule has 1 fully saturated rings. The Kier molecular flexibility index (Phi) is 17.7. The molecule has 0 aromatic heterocycles. The SMILES string of the molecule is COC=O.COc1ccc2c(c1O)C13CCN(C)C(C2)C1(O)CC=C(OC(=O)N(C)C(C)CNC(=O)C(CCCN=C(N)[NH][Pb][I])NC(=O)CNC(C)=O)C3. The van der Waals surface area contributed by atoms with Crippen molar-refractivity contribution in [2.45, 2.75) is 81.5 Å². The Morgan fingerprint density at radius 3 is 2.60 bits per heavy atom. The van der Waals surface area contributed by atoms with E-state index in [2.05, 4.69) is 51.5 Å². The number of benzene rings is 1. The summed E-state index contributed by atoms with van der Waals surface area (Å²) in [6.45, 7) is 4.27. The molecule has 3 aliphatic rings. The van der Waals surface area contributed by atoms with Crippen molar-refractivity contribution in [1.29, 1.82) is 0 Å². The number of phenolic OH excluding ortho intramolecular Hbond substituents is 1. The number of likely N-dealkylation sites (tertiary alicyclic amines) is 1. The summed E-state index contributed by atoms with van der Waals surface area (Å²) in [5.41, 5.74) is 5.30. The molecule has 0 saturated carbocycles. The summed E-state index contributed by atoms with van der Waals surface area (Å²) < 4.78 is 18.3. The summed E-state index contributed by atoms with van der Waals surface area (Å²) in [4.78, 5) is 67.1. The van der Waals surface area contributed by atoms with Crippen molar-refractivity contribution in [3.63, 3.8) is 0 Å². The number of phenols is 1. The van der Waals surface area contributed by atoms with Crippen LogP contribution < -0.4 is 29.5 Å². The average molecular weight is 1080 g/mol. The number of fused-ring (bicyclic) bond motifs is 1. The number of nitrogens with two attached hydrogens (primary N) is 1. The van der Waals surface area contributed by atoms with Gasteiger partial charge in [0.05, 0.1) is 19.8 Å². The van der Waals surface area contributed by atoms with Crippen molar-refractivity contribution >= 4 is 74.2 Å². The number of hydrogen-bond acceptors (Lipinski definition) is 12. The maximum absolute atomic E-state index is 13.4. The van der Waals surface area contributed by atoms with E-state index < -0.39 is 61.2 Å². The number of ether oxygens (including phenoxy) is 3. The van der Waals surface area contributed by atoms with E-state index >= 15 is 0 Å². The molecule has 5 unspecified atom stereocenters. The maximum atomic E-state index is 13.4. The normalized spacial score (nSPS) is 22.4. The number of allylic oxidation sites excluding steroid dienone is 1. The average Bonchev–Trinajstić information content (AvgIpc) is 3.15. The Labute approximate surface area is 342 Å². The van der Waals surface area contributed by atoms with Crippen molar-refractivity contribution in [3.05, 3.63) is 35.1 Å². The Hall–Kier alpha value is -3.45. The Bertz CT molecular complexity index is 1620. The molecule has 2 bridgehead atoms. The summed E-state index contributed by atoms with van der Waals surface area (Å²) in [6.07, 6.45) is 3.41. The van der Waals surface area contributed by atoms with Gasteiger partial charge in [0.2, 0.25) is 0 Å². The van der Waals surface area contributed by atoms with E-state index in [1.165, 1.54) is 26.0 Å². The number of aliphatic imine (C=N–C) groups is 1. The molecule has 1 aromatic rings. The smallest absolute Gasteiger partial charge is 0.275 e. The molecule has 5 atom stereocenters. The first-order valence-electron chi connectivity index (χ1n) is 17.7. The van der Waals surface area contributed by atoms with Crippen LogP contribution in [0.15, 0.2) is 29.0 Å². The van der Waals surface area contributed by atoms with E-state index in [-0.39, 0.29) is 50.1 Å². The number of methoxy groups -OCH3 is 2. The Balaban J connectivity index is 0.00000193. The quantitative estimate of drug-likeness (QED) is 0.0305. The van der Waals surface area contributed by atoms with Gasteiger partial charge in [-0.25, -0.2) is 4.79 Å². The minimum atomic E-state index is -1.20. The predicted octanol–water partition coefficient (Wildman–Crippen LogP) is -0.0555. The first-order chi connectivity index (χ1) is 26.1. The molecule has 0 spiro atoms. The third-order valence-corrected chi connectivity index (χ3v) is 14.1. The number of carbonyl (C=O) groups excluding carboxylic acids is 5. The van der Waals surface area contributed by atoms with Gasteiger partial charge in [0, 0.05) is 43.8 Å².